The van der Waals surface area contributed by atoms with Crippen molar-refractivity contribution < 1.29 is 21.9 Å². The molecule has 2 heterocycles. The first-order chi connectivity index (χ1) is 15.2. The van der Waals surface area contributed by atoms with Gasteiger partial charge in [-0.1, -0.05) is 18.2 Å². The summed E-state index contributed by atoms with van der Waals surface area (Å²) >= 11 is 0. The highest BCUT2D eigenvalue weighted by atomic mass is 32.2. The van der Waals surface area contributed by atoms with Crippen molar-refractivity contribution in [2.75, 3.05) is 11.3 Å². The average Bonchev–Trinajstić information content (AvgIpc) is 2.77. The number of aromatic nitrogens is 2. The summed E-state index contributed by atoms with van der Waals surface area (Å²) in [6.07, 6.45) is 2.18. The first-order valence-electron chi connectivity index (χ1n) is 10.0. The Morgan fingerprint density at radius 1 is 1.19 bits per heavy atom. The lowest BCUT2D eigenvalue weighted by atomic mass is 9.93. The summed E-state index contributed by atoms with van der Waals surface area (Å²) < 4.78 is 61.0. The highest BCUT2D eigenvalue weighted by molar-refractivity contribution is 7.92. The van der Waals surface area contributed by atoms with Crippen molar-refractivity contribution in [3.8, 4) is 5.75 Å². The molecule has 7 nitrogen and oxygen atoms in total. The molecule has 0 spiro atoms. The molecule has 1 atom stereocenters. The molecule has 4 rings (SSSR count). The Kier molecular flexibility index (Phi) is 6.07. The number of aryl methyl sites for hydroxylation is 1. The van der Waals surface area contributed by atoms with Crippen LogP contribution in [-0.2, 0) is 23.0 Å². The van der Waals surface area contributed by atoms with Crippen LogP contribution in [-0.4, -0.2) is 24.9 Å². The van der Waals surface area contributed by atoms with Gasteiger partial charge in [-0.05, 0) is 55.1 Å². The molecule has 1 aromatic heterocycles. The number of hydrogen-bond donors (Lipinski definition) is 2. The number of benzene rings is 2. The lowest BCUT2D eigenvalue weighted by molar-refractivity contribution is 0.222. The molecule has 1 aliphatic heterocycles. The quantitative estimate of drug-likeness (QED) is 0.583. The predicted octanol–water partition coefficient (Wildman–Crippen LogP) is 3.65. The van der Waals surface area contributed by atoms with Crippen LogP contribution >= 0.6 is 0 Å². The third-order valence-electron chi connectivity index (χ3n) is 5.29. The first kappa shape index (κ1) is 22.1. The fourth-order valence-corrected chi connectivity index (χ4v) is 4.79. The summed E-state index contributed by atoms with van der Waals surface area (Å²) in [6.45, 7) is 5.17. The van der Waals surface area contributed by atoms with Crippen LogP contribution in [0.1, 0.15) is 35.3 Å². The minimum absolute atomic E-state index is 0.244. The number of sulfonamides is 1. The van der Waals surface area contributed by atoms with Gasteiger partial charge in [0, 0.05) is 12.6 Å². The van der Waals surface area contributed by atoms with Crippen molar-refractivity contribution in [1.29, 1.82) is 0 Å². The summed E-state index contributed by atoms with van der Waals surface area (Å²) in [4.78, 5) is 6.50. The van der Waals surface area contributed by atoms with Gasteiger partial charge in [0.2, 0.25) is 5.95 Å². The number of fused-ring (bicyclic) bond motifs is 1. The Balaban J connectivity index is 1.58. The second-order valence-corrected chi connectivity index (χ2v) is 9.20. The molecule has 0 unspecified atom stereocenters. The van der Waals surface area contributed by atoms with Crippen LogP contribution in [0.3, 0.4) is 0 Å². The van der Waals surface area contributed by atoms with E-state index in [1.54, 1.807) is 6.92 Å². The zero-order valence-electron chi connectivity index (χ0n) is 17.5. The normalized spacial score (nSPS) is 14.5. The first-order valence-corrected chi connectivity index (χ1v) is 11.5. The molecular formula is C22H22F2N4O3S. The van der Waals surface area contributed by atoms with Gasteiger partial charge in [0.25, 0.3) is 10.0 Å². The fourth-order valence-electron chi connectivity index (χ4n) is 3.69. The molecule has 0 aliphatic carbocycles. The van der Waals surface area contributed by atoms with Gasteiger partial charge in [-0.3, -0.25) is 0 Å². The van der Waals surface area contributed by atoms with Gasteiger partial charge in [0.1, 0.15) is 22.6 Å². The monoisotopic (exact) mass is 460 g/mol. The molecule has 1 aliphatic rings. The highest BCUT2D eigenvalue weighted by Crippen LogP contribution is 2.32. The van der Waals surface area contributed by atoms with Crippen LogP contribution in [0, 0.1) is 18.6 Å². The van der Waals surface area contributed by atoms with E-state index >= 15 is 0 Å². The Morgan fingerprint density at radius 2 is 1.94 bits per heavy atom. The topological polar surface area (TPSA) is 93.2 Å². The molecule has 0 saturated heterocycles. The summed E-state index contributed by atoms with van der Waals surface area (Å²) in [7, 11) is -4.33. The van der Waals surface area contributed by atoms with Crippen LogP contribution in [0.5, 0.6) is 5.75 Å². The number of hydrogen-bond acceptors (Lipinski definition) is 6. The summed E-state index contributed by atoms with van der Waals surface area (Å²) in [5.74, 6) is -1.82. The van der Waals surface area contributed by atoms with E-state index in [0.29, 0.717) is 5.56 Å². The molecule has 168 valence electrons. The smallest absolute Gasteiger partial charge is 0.267 e. The number of rotatable bonds is 6. The van der Waals surface area contributed by atoms with Gasteiger partial charge in [0.15, 0.2) is 5.82 Å². The lowest BCUT2D eigenvalue weighted by Gasteiger charge is -2.25. The van der Waals surface area contributed by atoms with E-state index in [9.17, 15) is 17.2 Å². The average molecular weight is 461 g/mol. The maximum absolute atomic E-state index is 14.8. The third kappa shape index (κ3) is 4.56. The zero-order valence-corrected chi connectivity index (χ0v) is 18.3. The van der Waals surface area contributed by atoms with E-state index in [4.69, 9.17) is 4.74 Å². The van der Waals surface area contributed by atoms with Gasteiger partial charge in [-0.15, -0.1) is 0 Å². The van der Waals surface area contributed by atoms with Crippen LogP contribution in [0.2, 0.25) is 0 Å². The van der Waals surface area contributed by atoms with Crippen molar-refractivity contribution in [1.82, 2.24) is 15.3 Å². The highest BCUT2D eigenvalue weighted by Gasteiger charge is 2.24. The Bertz CT molecular complexity index is 1250. The Hall–Kier alpha value is -3.11. The number of ether oxygens (including phenoxy) is 1. The summed E-state index contributed by atoms with van der Waals surface area (Å²) in [6, 6.07) is 8.29. The van der Waals surface area contributed by atoms with E-state index in [1.165, 1.54) is 17.2 Å². The molecule has 10 heteroatoms. The Labute approximate surface area is 184 Å². The minimum Gasteiger partial charge on any atom is -0.486 e. The van der Waals surface area contributed by atoms with Gasteiger partial charge in [-0.25, -0.2) is 31.9 Å². The van der Waals surface area contributed by atoms with E-state index < -0.39 is 26.6 Å². The molecule has 0 bridgehead atoms. The molecule has 0 radical (unpaired) electrons. The number of halogens is 2. The van der Waals surface area contributed by atoms with Crippen molar-refractivity contribution in [3.05, 3.63) is 76.6 Å². The Morgan fingerprint density at radius 3 is 2.69 bits per heavy atom. The van der Waals surface area contributed by atoms with E-state index in [2.05, 4.69) is 21.4 Å². The van der Waals surface area contributed by atoms with Gasteiger partial charge >= 0.3 is 0 Å². The second kappa shape index (κ2) is 8.79. The molecule has 0 amide bonds. The maximum Gasteiger partial charge on any atom is 0.267 e. The molecule has 3 aromatic rings. The number of nitrogens with one attached hydrogen (secondary N) is 2. The number of anilines is 1. The predicted molar refractivity (Wildman–Crippen MR) is 115 cm³/mol. The van der Waals surface area contributed by atoms with Crippen molar-refractivity contribution >= 4 is 16.0 Å². The summed E-state index contributed by atoms with van der Waals surface area (Å²) in [5, 5.41) is 3.35. The zero-order chi connectivity index (χ0) is 22.9. The van der Waals surface area contributed by atoms with E-state index in [-0.39, 0.29) is 17.8 Å². The standard InChI is InChI=1S/C22H22F2N4O3S/c1-13-8-21(32(29,30)28-22-26-10-16(23)11-27-22)19(24)9-20(13)31-14(2)17-5-3-4-15-6-7-25-12-18(15)17/h3-5,8-11,14,25H,6-7,12H2,1-2H3,(H,26,27,28)/t14-/m0/s1. The van der Waals surface area contributed by atoms with Crippen molar-refractivity contribution in [2.45, 2.75) is 37.8 Å². The summed E-state index contributed by atoms with van der Waals surface area (Å²) in [5.41, 5.74) is 3.88. The maximum atomic E-state index is 14.8. The van der Waals surface area contributed by atoms with Gasteiger partial charge in [0.05, 0.1) is 12.4 Å². The molecule has 0 fully saturated rings. The molecule has 0 saturated carbocycles. The van der Waals surface area contributed by atoms with Crippen LogP contribution in [0.25, 0.3) is 0 Å². The van der Waals surface area contributed by atoms with Crippen LogP contribution in [0.15, 0.2) is 47.6 Å². The SMILES string of the molecule is Cc1cc(S(=O)(=O)Nc2ncc(F)cn2)c(F)cc1O[C@@H](C)c1cccc2c1CNCC2. The molecule has 32 heavy (non-hydrogen) atoms. The van der Waals surface area contributed by atoms with Crippen LogP contribution < -0.4 is 14.8 Å². The van der Waals surface area contributed by atoms with Crippen molar-refractivity contribution in [2.24, 2.45) is 0 Å². The van der Waals surface area contributed by atoms with Crippen LogP contribution in [0.4, 0.5) is 14.7 Å². The van der Waals surface area contributed by atoms with Crippen molar-refractivity contribution in [3.63, 3.8) is 0 Å². The number of nitrogens with zero attached hydrogens (tertiary/aromatic N) is 2. The fraction of sp³-hybridized carbons (Fsp3) is 0.273. The molecular weight excluding hydrogens is 438 g/mol. The third-order valence-corrected chi connectivity index (χ3v) is 6.63. The largest absolute Gasteiger partial charge is 0.486 e. The minimum atomic E-state index is -4.33. The van der Waals surface area contributed by atoms with E-state index in [1.807, 2.05) is 23.8 Å². The van der Waals surface area contributed by atoms with E-state index in [0.717, 1.165) is 43.5 Å². The lowest BCUT2D eigenvalue weighted by Crippen LogP contribution is -2.25. The molecule has 2 aromatic carbocycles. The van der Waals surface area contributed by atoms with Gasteiger partial charge < -0.3 is 10.1 Å². The molecule has 2 N–H and O–H groups in total. The van der Waals surface area contributed by atoms with Gasteiger partial charge in [-0.2, -0.15) is 0 Å². The second-order valence-electron chi connectivity index (χ2n) is 7.55.